The summed E-state index contributed by atoms with van der Waals surface area (Å²) in [6.07, 6.45) is -0.962. The van der Waals surface area contributed by atoms with Crippen LogP contribution in [-0.4, -0.2) is 18.6 Å². The molecule has 1 aromatic rings. The molecule has 0 spiro atoms. The molecule has 1 N–H and O–H groups in total. The van der Waals surface area contributed by atoms with Crippen LogP contribution in [0, 0.1) is 5.82 Å². The lowest BCUT2D eigenvalue weighted by atomic mass is 10.00. The van der Waals surface area contributed by atoms with E-state index in [2.05, 4.69) is 4.74 Å². The highest BCUT2D eigenvalue weighted by atomic mass is 35.5. The van der Waals surface area contributed by atoms with Crippen LogP contribution < -0.4 is 5.32 Å². The Kier molecular flexibility index (Phi) is 4.34. The number of halogens is 5. The van der Waals surface area contributed by atoms with Gasteiger partial charge < -0.3 is 10.1 Å². The highest BCUT2D eigenvalue weighted by Crippen LogP contribution is 2.35. The van der Waals surface area contributed by atoms with Crippen molar-refractivity contribution >= 4 is 30.1 Å². The van der Waals surface area contributed by atoms with Gasteiger partial charge in [-0.05, 0) is 17.7 Å². The summed E-state index contributed by atoms with van der Waals surface area (Å²) in [6.45, 7) is -1.03. The second kappa shape index (κ2) is 5.24. The van der Waals surface area contributed by atoms with Crippen molar-refractivity contribution < 1.29 is 22.7 Å². The van der Waals surface area contributed by atoms with E-state index >= 15 is 0 Å². The van der Waals surface area contributed by atoms with Gasteiger partial charge >= 0.3 is 12.0 Å². The van der Waals surface area contributed by atoms with Gasteiger partial charge in [0, 0.05) is 0 Å². The molecule has 0 unspecified atom stereocenters. The average molecular weight is 302 g/mol. The minimum Gasteiger partial charge on any atom is -0.443 e. The first-order valence-electron chi connectivity index (χ1n) is 4.66. The van der Waals surface area contributed by atoms with E-state index in [4.69, 9.17) is 11.6 Å². The number of benzene rings is 1. The van der Waals surface area contributed by atoms with Crippen LogP contribution in [0.5, 0.6) is 0 Å². The van der Waals surface area contributed by atoms with E-state index in [-0.39, 0.29) is 23.0 Å². The molecule has 0 radical (unpaired) electrons. The van der Waals surface area contributed by atoms with Gasteiger partial charge in [-0.15, -0.1) is 12.4 Å². The summed E-state index contributed by atoms with van der Waals surface area (Å²) >= 11 is 5.44. The van der Waals surface area contributed by atoms with Gasteiger partial charge in [0.1, 0.15) is 11.9 Å². The Bertz CT molecular complexity index is 470. The zero-order valence-electron chi connectivity index (χ0n) is 8.75. The van der Waals surface area contributed by atoms with Crippen molar-refractivity contribution in [2.24, 2.45) is 0 Å². The zero-order valence-corrected chi connectivity index (χ0v) is 10.3. The molecule has 0 aliphatic carbocycles. The Morgan fingerprint density at radius 3 is 2.72 bits per heavy atom. The largest absolute Gasteiger partial charge is 0.443 e. The molecular formula is C10H8Cl2F3NO2. The first-order valence-corrected chi connectivity index (χ1v) is 5.04. The maximum absolute atomic E-state index is 13.5. The smallest absolute Gasteiger partial charge is 0.408 e. The van der Waals surface area contributed by atoms with E-state index in [0.717, 1.165) is 12.1 Å². The number of carbonyl (C=O) groups excluding carboxylic acids is 1. The summed E-state index contributed by atoms with van der Waals surface area (Å²) in [5.74, 6) is -4.12. The number of nitrogens with one attached hydrogen (secondary N) is 1. The SMILES string of the molecule is Cl.O=C1N[C@@H](c2ccc(Cl)c(F)c2)C(F)(F)CO1. The quantitative estimate of drug-likeness (QED) is 0.864. The molecule has 1 aliphatic rings. The predicted octanol–water partition coefficient (Wildman–Crippen LogP) is 3.32. The van der Waals surface area contributed by atoms with Crippen LogP contribution in [0.25, 0.3) is 0 Å². The van der Waals surface area contributed by atoms with E-state index in [9.17, 15) is 18.0 Å². The zero-order chi connectivity index (χ0) is 12.6. The fourth-order valence-corrected chi connectivity index (χ4v) is 1.65. The molecule has 2 rings (SSSR count). The summed E-state index contributed by atoms with van der Waals surface area (Å²) in [6, 6.07) is 1.64. The maximum atomic E-state index is 13.5. The van der Waals surface area contributed by atoms with E-state index in [1.54, 1.807) is 0 Å². The van der Waals surface area contributed by atoms with Crippen LogP contribution in [0.15, 0.2) is 18.2 Å². The van der Waals surface area contributed by atoms with Crippen molar-refractivity contribution in [2.45, 2.75) is 12.0 Å². The molecule has 100 valence electrons. The van der Waals surface area contributed by atoms with Crippen LogP contribution in [0.2, 0.25) is 5.02 Å². The summed E-state index contributed by atoms with van der Waals surface area (Å²) in [5, 5.41) is 1.78. The fraction of sp³-hybridized carbons (Fsp3) is 0.300. The highest BCUT2D eigenvalue weighted by molar-refractivity contribution is 6.30. The summed E-state index contributed by atoms with van der Waals surface area (Å²) in [7, 11) is 0. The topological polar surface area (TPSA) is 38.3 Å². The molecule has 3 nitrogen and oxygen atoms in total. The van der Waals surface area contributed by atoms with Gasteiger partial charge in [-0.3, -0.25) is 0 Å². The van der Waals surface area contributed by atoms with Crippen molar-refractivity contribution in [3.8, 4) is 0 Å². The van der Waals surface area contributed by atoms with Crippen molar-refractivity contribution in [1.82, 2.24) is 5.32 Å². The summed E-state index contributed by atoms with van der Waals surface area (Å²) < 4.78 is 44.3. The molecule has 0 saturated carbocycles. The monoisotopic (exact) mass is 301 g/mol. The molecule has 8 heteroatoms. The number of alkyl carbamates (subject to hydrolysis) is 1. The Morgan fingerprint density at radius 2 is 2.11 bits per heavy atom. The van der Waals surface area contributed by atoms with Crippen molar-refractivity contribution in [2.75, 3.05) is 6.61 Å². The molecular weight excluding hydrogens is 294 g/mol. The van der Waals surface area contributed by atoms with Gasteiger partial charge in [-0.25, -0.2) is 18.0 Å². The maximum Gasteiger partial charge on any atom is 0.408 e. The molecule has 0 bridgehead atoms. The highest BCUT2D eigenvalue weighted by Gasteiger charge is 2.46. The molecule has 1 amide bonds. The number of ether oxygens (including phenoxy) is 1. The number of amides is 1. The molecule has 1 aromatic carbocycles. The Balaban J connectivity index is 0.00000162. The molecule has 1 saturated heterocycles. The molecule has 1 heterocycles. The standard InChI is InChI=1S/C10H7ClF3NO2.ClH/c11-6-2-1-5(3-7(6)12)8-10(13,14)4-17-9(16)15-8;/h1-3,8H,4H2,(H,15,16);1H/t8-;/m0./s1. The first-order chi connectivity index (χ1) is 7.90. The Hall–Kier alpha value is -1.14. The predicted molar refractivity (Wildman–Crippen MR) is 60.8 cm³/mol. The van der Waals surface area contributed by atoms with Crippen LogP contribution in [0.3, 0.4) is 0 Å². The van der Waals surface area contributed by atoms with Crippen LogP contribution >= 0.6 is 24.0 Å². The number of hydrogen-bond donors (Lipinski definition) is 1. The molecule has 18 heavy (non-hydrogen) atoms. The van der Waals surface area contributed by atoms with Crippen LogP contribution in [0.4, 0.5) is 18.0 Å². The van der Waals surface area contributed by atoms with Gasteiger partial charge in [-0.1, -0.05) is 17.7 Å². The third kappa shape index (κ3) is 2.81. The first kappa shape index (κ1) is 14.9. The minimum atomic E-state index is -3.30. The lowest BCUT2D eigenvalue weighted by Gasteiger charge is -2.31. The molecule has 1 atom stereocenters. The van der Waals surface area contributed by atoms with Gasteiger partial charge in [0.25, 0.3) is 0 Å². The Morgan fingerprint density at radius 1 is 1.44 bits per heavy atom. The van der Waals surface area contributed by atoms with Gasteiger partial charge in [-0.2, -0.15) is 0 Å². The Labute approximate surface area is 112 Å². The van der Waals surface area contributed by atoms with Gasteiger partial charge in [0.15, 0.2) is 6.61 Å². The lowest BCUT2D eigenvalue weighted by Crippen LogP contribution is -2.49. The second-order valence-electron chi connectivity index (χ2n) is 3.59. The fourth-order valence-electron chi connectivity index (χ4n) is 1.53. The molecule has 1 aliphatic heterocycles. The van der Waals surface area contributed by atoms with Gasteiger partial charge in [0.2, 0.25) is 0 Å². The number of cyclic esters (lactones) is 1. The third-order valence-corrected chi connectivity index (χ3v) is 2.66. The second-order valence-corrected chi connectivity index (χ2v) is 4.00. The number of carbonyl (C=O) groups is 1. The minimum absolute atomic E-state index is 0. The summed E-state index contributed by atoms with van der Waals surface area (Å²) in [4.78, 5) is 10.9. The number of alkyl halides is 2. The van der Waals surface area contributed by atoms with Crippen molar-refractivity contribution in [3.05, 3.63) is 34.6 Å². The average Bonchev–Trinajstić information content (AvgIpc) is 2.26. The van der Waals surface area contributed by atoms with Crippen molar-refractivity contribution in [3.63, 3.8) is 0 Å². The van der Waals surface area contributed by atoms with Crippen molar-refractivity contribution in [1.29, 1.82) is 0 Å². The van der Waals surface area contributed by atoms with Gasteiger partial charge in [0.05, 0.1) is 5.02 Å². The van der Waals surface area contributed by atoms with E-state index in [0.29, 0.717) is 0 Å². The summed E-state index contributed by atoms with van der Waals surface area (Å²) in [5.41, 5.74) is -0.0615. The van der Waals surface area contributed by atoms with E-state index in [1.165, 1.54) is 6.07 Å². The normalized spacial score (nSPS) is 21.6. The number of rotatable bonds is 1. The third-order valence-electron chi connectivity index (χ3n) is 2.36. The van der Waals surface area contributed by atoms with Crippen LogP contribution in [-0.2, 0) is 4.74 Å². The van der Waals surface area contributed by atoms with Crippen LogP contribution in [0.1, 0.15) is 11.6 Å². The number of hydrogen-bond acceptors (Lipinski definition) is 2. The molecule has 0 aromatic heterocycles. The van der Waals surface area contributed by atoms with E-state index in [1.807, 2.05) is 5.32 Å². The lowest BCUT2D eigenvalue weighted by molar-refractivity contribution is -0.104. The molecule has 1 fully saturated rings. The van der Waals surface area contributed by atoms with E-state index < -0.39 is 30.5 Å².